The highest BCUT2D eigenvalue weighted by molar-refractivity contribution is 7.10. The van der Waals surface area contributed by atoms with Crippen molar-refractivity contribution in [1.82, 2.24) is 15.0 Å². The Morgan fingerprint density at radius 3 is 2.62 bits per heavy atom. The molecule has 0 bridgehead atoms. The Labute approximate surface area is 156 Å². The molecule has 1 N–H and O–H groups in total. The molecule has 2 aromatic heterocycles. The third-order valence-corrected chi connectivity index (χ3v) is 5.32. The maximum atomic E-state index is 11.0. The quantitative estimate of drug-likeness (QED) is 0.556. The van der Waals surface area contributed by atoms with Gasteiger partial charge in [-0.05, 0) is 36.1 Å². The molecule has 0 aliphatic rings. The number of benzene rings is 2. The number of nitrogens with zero attached hydrogens (tertiary/aromatic N) is 3. The highest BCUT2D eigenvalue weighted by atomic mass is 32.1. The molecule has 0 aliphatic heterocycles. The summed E-state index contributed by atoms with van der Waals surface area (Å²) in [5.74, 6) is 0. The van der Waals surface area contributed by atoms with Crippen LogP contribution >= 0.6 is 11.3 Å². The molecule has 26 heavy (non-hydrogen) atoms. The molecule has 5 heteroatoms. The monoisotopic (exact) mass is 361 g/mol. The van der Waals surface area contributed by atoms with Crippen LogP contribution in [-0.2, 0) is 0 Å². The van der Waals surface area contributed by atoms with E-state index in [4.69, 9.17) is 0 Å². The van der Waals surface area contributed by atoms with Gasteiger partial charge in [-0.1, -0.05) is 65.4 Å². The molecule has 0 spiro atoms. The molecule has 4 rings (SSSR count). The molecule has 2 heterocycles. The van der Waals surface area contributed by atoms with Crippen LogP contribution in [0.5, 0.6) is 0 Å². The van der Waals surface area contributed by atoms with Gasteiger partial charge in [0, 0.05) is 4.88 Å². The largest absolute Gasteiger partial charge is 0.385 e. The average Bonchev–Trinajstić information content (AvgIpc) is 3.33. The van der Waals surface area contributed by atoms with Crippen LogP contribution in [0, 0.1) is 6.92 Å². The number of aromatic nitrogens is 3. The maximum Gasteiger partial charge on any atom is 0.114 e. The van der Waals surface area contributed by atoms with Crippen LogP contribution < -0.4 is 0 Å². The lowest BCUT2D eigenvalue weighted by atomic mass is 10.1. The minimum absolute atomic E-state index is 0.345. The van der Waals surface area contributed by atoms with Crippen molar-refractivity contribution in [3.8, 4) is 0 Å². The van der Waals surface area contributed by atoms with Crippen molar-refractivity contribution >= 4 is 28.4 Å². The number of thiophene rings is 1. The Morgan fingerprint density at radius 1 is 1.04 bits per heavy atom. The van der Waals surface area contributed by atoms with Gasteiger partial charge in [0.2, 0.25) is 0 Å². The number of aliphatic hydroxyl groups is 1. The third-order valence-electron chi connectivity index (χ3n) is 4.38. The van der Waals surface area contributed by atoms with E-state index in [1.54, 1.807) is 16.0 Å². The van der Waals surface area contributed by atoms with Crippen LogP contribution in [0.25, 0.3) is 17.1 Å². The summed E-state index contributed by atoms with van der Waals surface area (Å²) >= 11 is 1.54. The first-order chi connectivity index (χ1) is 12.7. The Balaban J connectivity index is 1.75. The number of aryl methyl sites for hydroxylation is 1. The van der Waals surface area contributed by atoms with E-state index in [1.165, 1.54) is 5.56 Å². The fourth-order valence-electron chi connectivity index (χ4n) is 2.94. The molecule has 2 atom stereocenters. The molecular weight excluding hydrogens is 342 g/mol. The topological polar surface area (TPSA) is 50.9 Å². The summed E-state index contributed by atoms with van der Waals surface area (Å²) in [4.78, 5) is 0.906. The second-order valence-electron chi connectivity index (χ2n) is 6.24. The van der Waals surface area contributed by atoms with Crippen LogP contribution in [0.4, 0.5) is 0 Å². The van der Waals surface area contributed by atoms with Gasteiger partial charge in [0.15, 0.2) is 0 Å². The van der Waals surface area contributed by atoms with Gasteiger partial charge >= 0.3 is 0 Å². The van der Waals surface area contributed by atoms with Crippen molar-refractivity contribution < 1.29 is 5.11 Å². The van der Waals surface area contributed by atoms with Gasteiger partial charge < -0.3 is 5.11 Å². The fourth-order valence-corrected chi connectivity index (χ4v) is 3.69. The molecule has 2 aromatic carbocycles. The van der Waals surface area contributed by atoms with Crippen molar-refractivity contribution in [3.63, 3.8) is 0 Å². The molecule has 0 amide bonds. The zero-order valence-corrected chi connectivity index (χ0v) is 15.2. The number of rotatable bonds is 5. The first kappa shape index (κ1) is 16.7. The van der Waals surface area contributed by atoms with E-state index in [-0.39, 0.29) is 6.04 Å². The number of para-hydroxylation sites is 1. The standard InChI is InChI=1S/C21H19N3OS/c1-15-8-10-16(11-9-15)12-13-19(21(25)20-7-4-14-26-20)24-18-6-3-2-5-17(18)22-23-24/h2-14,19,21,25H,1H3. The zero-order valence-electron chi connectivity index (χ0n) is 14.4. The van der Waals surface area contributed by atoms with Crippen LogP contribution in [0.3, 0.4) is 0 Å². The summed E-state index contributed by atoms with van der Waals surface area (Å²) in [5, 5.41) is 21.5. The van der Waals surface area contributed by atoms with Gasteiger partial charge in [0.05, 0.1) is 5.52 Å². The van der Waals surface area contributed by atoms with Gasteiger partial charge in [0.25, 0.3) is 0 Å². The van der Waals surface area contributed by atoms with E-state index in [9.17, 15) is 5.11 Å². The first-order valence-electron chi connectivity index (χ1n) is 8.48. The van der Waals surface area contributed by atoms with Crippen LogP contribution in [0.15, 0.2) is 72.1 Å². The lowest BCUT2D eigenvalue weighted by Gasteiger charge is -2.19. The molecule has 4 aromatic rings. The molecule has 0 aliphatic carbocycles. The highest BCUT2D eigenvalue weighted by Gasteiger charge is 2.24. The van der Waals surface area contributed by atoms with E-state index in [0.29, 0.717) is 0 Å². The summed E-state index contributed by atoms with van der Waals surface area (Å²) in [6.45, 7) is 2.07. The summed E-state index contributed by atoms with van der Waals surface area (Å²) < 4.78 is 1.80. The number of hydrogen-bond acceptors (Lipinski definition) is 4. The van der Waals surface area contributed by atoms with Crippen molar-refractivity contribution in [2.24, 2.45) is 0 Å². The number of hydrogen-bond donors (Lipinski definition) is 1. The third kappa shape index (κ3) is 3.31. The molecule has 0 saturated heterocycles. The summed E-state index contributed by atoms with van der Waals surface area (Å²) in [6, 6.07) is 19.6. The fraction of sp³-hybridized carbons (Fsp3) is 0.143. The summed E-state index contributed by atoms with van der Waals surface area (Å²) in [6.07, 6.45) is 3.33. The van der Waals surface area contributed by atoms with Gasteiger partial charge in [-0.25, -0.2) is 4.68 Å². The Bertz CT molecular complexity index is 1020. The van der Waals surface area contributed by atoms with Crippen molar-refractivity contribution in [2.45, 2.75) is 19.1 Å². The Kier molecular flexibility index (Phi) is 4.65. The number of aliphatic hydroxyl groups excluding tert-OH is 1. The summed E-state index contributed by atoms with van der Waals surface area (Å²) in [7, 11) is 0. The van der Waals surface area contributed by atoms with Crippen molar-refractivity contribution in [1.29, 1.82) is 0 Å². The van der Waals surface area contributed by atoms with Crippen molar-refractivity contribution in [2.75, 3.05) is 0 Å². The molecule has 4 nitrogen and oxygen atoms in total. The average molecular weight is 361 g/mol. The van der Waals surface area contributed by atoms with E-state index < -0.39 is 6.10 Å². The van der Waals surface area contributed by atoms with Crippen LogP contribution in [0.1, 0.15) is 28.1 Å². The normalized spacial score (nSPS) is 14.1. The van der Waals surface area contributed by atoms with Gasteiger partial charge in [-0.15, -0.1) is 16.4 Å². The minimum atomic E-state index is -0.693. The molecule has 0 radical (unpaired) electrons. The highest BCUT2D eigenvalue weighted by Crippen LogP contribution is 2.32. The smallest absolute Gasteiger partial charge is 0.114 e. The van der Waals surface area contributed by atoms with E-state index in [0.717, 1.165) is 21.5 Å². The van der Waals surface area contributed by atoms with Crippen LogP contribution in [0.2, 0.25) is 0 Å². The van der Waals surface area contributed by atoms with Gasteiger partial charge in [0.1, 0.15) is 17.7 Å². The number of fused-ring (bicyclic) bond motifs is 1. The molecule has 130 valence electrons. The lowest BCUT2D eigenvalue weighted by molar-refractivity contribution is 0.134. The van der Waals surface area contributed by atoms with Crippen molar-refractivity contribution in [3.05, 3.63) is 88.1 Å². The van der Waals surface area contributed by atoms with E-state index in [2.05, 4.69) is 41.5 Å². The summed E-state index contributed by atoms with van der Waals surface area (Å²) in [5.41, 5.74) is 4.03. The predicted octanol–water partition coefficient (Wildman–Crippen LogP) is 4.79. The van der Waals surface area contributed by atoms with Gasteiger partial charge in [-0.2, -0.15) is 0 Å². The second kappa shape index (κ2) is 7.23. The predicted molar refractivity (Wildman–Crippen MR) is 106 cm³/mol. The minimum Gasteiger partial charge on any atom is -0.385 e. The van der Waals surface area contributed by atoms with E-state index in [1.807, 2.05) is 53.9 Å². The molecular formula is C21H19N3OS. The molecule has 0 fully saturated rings. The molecule has 0 saturated carbocycles. The Hall–Kier alpha value is -2.76. The second-order valence-corrected chi connectivity index (χ2v) is 7.22. The van der Waals surface area contributed by atoms with E-state index >= 15 is 0 Å². The first-order valence-corrected chi connectivity index (χ1v) is 9.36. The van der Waals surface area contributed by atoms with Crippen LogP contribution in [-0.4, -0.2) is 20.1 Å². The Morgan fingerprint density at radius 2 is 1.85 bits per heavy atom. The SMILES string of the molecule is Cc1ccc(C=CC(C(O)c2cccs2)n2nnc3ccccc32)cc1. The molecule has 2 unspecified atom stereocenters. The maximum absolute atomic E-state index is 11.0. The van der Waals surface area contributed by atoms with Gasteiger partial charge in [-0.3, -0.25) is 0 Å². The lowest BCUT2D eigenvalue weighted by Crippen LogP contribution is -2.16. The zero-order chi connectivity index (χ0) is 17.9.